The molecule has 100 valence electrons. The van der Waals surface area contributed by atoms with Crippen molar-refractivity contribution in [3.8, 4) is 5.75 Å². The second-order valence-electron chi connectivity index (χ2n) is 4.32. The van der Waals surface area contributed by atoms with Crippen LogP contribution in [0.5, 0.6) is 5.75 Å². The van der Waals surface area contributed by atoms with Crippen molar-refractivity contribution in [1.82, 2.24) is 4.72 Å². The fourth-order valence-corrected chi connectivity index (χ4v) is 2.98. The van der Waals surface area contributed by atoms with Gasteiger partial charge in [0.2, 0.25) is 10.0 Å². The number of phenolic OH excluding ortho intramolecular Hbond substituents is 1. The molecule has 1 fully saturated rings. The van der Waals surface area contributed by atoms with Crippen LogP contribution in [-0.2, 0) is 14.8 Å². The predicted molar refractivity (Wildman–Crippen MR) is 66.9 cm³/mol. The van der Waals surface area contributed by atoms with Gasteiger partial charge in [-0.1, -0.05) is 0 Å². The van der Waals surface area contributed by atoms with E-state index >= 15 is 0 Å². The third kappa shape index (κ3) is 3.44. The van der Waals surface area contributed by atoms with Gasteiger partial charge in [-0.2, -0.15) is 0 Å². The van der Waals surface area contributed by atoms with E-state index in [0.717, 1.165) is 19.4 Å². The van der Waals surface area contributed by atoms with Crippen LogP contribution in [0.25, 0.3) is 0 Å². The first-order valence-corrected chi connectivity index (χ1v) is 7.46. The fourth-order valence-electron chi connectivity index (χ4n) is 1.93. The Balaban J connectivity index is 1.88. The summed E-state index contributed by atoms with van der Waals surface area (Å²) in [6.45, 7) is 1.14. The Labute approximate surface area is 107 Å². The molecule has 1 aliphatic heterocycles. The van der Waals surface area contributed by atoms with E-state index in [1.807, 2.05) is 0 Å². The summed E-state index contributed by atoms with van der Waals surface area (Å²) in [6, 6.07) is 5.47. The molecular formula is C12H17NO4S. The molecule has 0 radical (unpaired) electrons. The van der Waals surface area contributed by atoms with E-state index in [2.05, 4.69) is 4.72 Å². The van der Waals surface area contributed by atoms with Crippen LogP contribution < -0.4 is 4.72 Å². The molecule has 1 heterocycles. The second kappa shape index (κ2) is 5.69. The highest BCUT2D eigenvalue weighted by Crippen LogP contribution is 2.16. The largest absolute Gasteiger partial charge is 0.508 e. The summed E-state index contributed by atoms with van der Waals surface area (Å²) in [7, 11) is -3.49. The number of nitrogens with one attached hydrogen (secondary N) is 1. The molecule has 1 unspecified atom stereocenters. The third-order valence-corrected chi connectivity index (χ3v) is 4.41. The molecule has 0 bridgehead atoms. The number of aromatic hydroxyl groups is 1. The highest BCUT2D eigenvalue weighted by Gasteiger charge is 2.17. The van der Waals surface area contributed by atoms with Gasteiger partial charge < -0.3 is 9.84 Å². The zero-order valence-corrected chi connectivity index (χ0v) is 10.8. The average Bonchev–Trinajstić information content (AvgIpc) is 2.82. The third-order valence-electron chi connectivity index (χ3n) is 2.93. The van der Waals surface area contributed by atoms with E-state index in [9.17, 15) is 8.42 Å². The number of sulfonamides is 1. The Kier molecular flexibility index (Phi) is 4.21. The topological polar surface area (TPSA) is 75.6 Å². The van der Waals surface area contributed by atoms with E-state index in [0.29, 0.717) is 13.0 Å². The fraction of sp³-hybridized carbons (Fsp3) is 0.500. The minimum absolute atomic E-state index is 0.0494. The summed E-state index contributed by atoms with van der Waals surface area (Å²) >= 11 is 0. The van der Waals surface area contributed by atoms with E-state index in [1.54, 1.807) is 0 Å². The van der Waals surface area contributed by atoms with Gasteiger partial charge in [0.15, 0.2) is 0 Å². The second-order valence-corrected chi connectivity index (χ2v) is 6.08. The van der Waals surface area contributed by atoms with Crippen molar-refractivity contribution in [3.63, 3.8) is 0 Å². The summed E-state index contributed by atoms with van der Waals surface area (Å²) < 4.78 is 31.7. The lowest BCUT2D eigenvalue weighted by molar-refractivity contribution is 0.105. The molecule has 2 N–H and O–H groups in total. The number of rotatable bonds is 5. The van der Waals surface area contributed by atoms with Gasteiger partial charge >= 0.3 is 0 Å². The maximum Gasteiger partial charge on any atom is 0.240 e. The molecule has 1 atom stereocenters. The van der Waals surface area contributed by atoms with E-state index in [4.69, 9.17) is 9.84 Å². The molecule has 2 rings (SSSR count). The molecule has 1 aliphatic rings. The standard InChI is InChI=1S/C12H17NO4S/c14-10-3-5-12(6-4-10)18(15,16)13-8-7-11-2-1-9-17-11/h3-6,11,13-14H,1-2,7-9H2. The quantitative estimate of drug-likeness (QED) is 0.845. The normalized spacial score (nSPS) is 20.1. The number of ether oxygens (including phenoxy) is 1. The van der Waals surface area contributed by atoms with E-state index < -0.39 is 10.0 Å². The Morgan fingerprint density at radius 3 is 2.67 bits per heavy atom. The monoisotopic (exact) mass is 271 g/mol. The van der Waals surface area contributed by atoms with Gasteiger partial charge in [-0.05, 0) is 43.5 Å². The van der Waals surface area contributed by atoms with Crippen molar-refractivity contribution in [3.05, 3.63) is 24.3 Å². The van der Waals surface area contributed by atoms with Crippen molar-refractivity contribution >= 4 is 10.0 Å². The first kappa shape index (κ1) is 13.3. The summed E-state index contributed by atoms with van der Waals surface area (Å²) in [6.07, 6.45) is 2.92. The molecule has 0 aromatic heterocycles. The van der Waals surface area contributed by atoms with Crippen LogP contribution in [0.2, 0.25) is 0 Å². The van der Waals surface area contributed by atoms with Crippen LogP contribution >= 0.6 is 0 Å². The van der Waals surface area contributed by atoms with Crippen molar-refractivity contribution in [2.45, 2.75) is 30.3 Å². The molecule has 1 aromatic carbocycles. The van der Waals surface area contributed by atoms with Crippen LogP contribution in [0.3, 0.4) is 0 Å². The van der Waals surface area contributed by atoms with Gasteiger partial charge in [-0.3, -0.25) is 0 Å². The SMILES string of the molecule is O=S(=O)(NCCC1CCCO1)c1ccc(O)cc1. The number of hydrogen-bond acceptors (Lipinski definition) is 4. The molecule has 0 saturated carbocycles. The molecule has 1 saturated heterocycles. The minimum atomic E-state index is -3.49. The van der Waals surface area contributed by atoms with Crippen molar-refractivity contribution in [2.75, 3.05) is 13.2 Å². The van der Waals surface area contributed by atoms with Crippen LogP contribution in [0.4, 0.5) is 0 Å². The molecule has 0 spiro atoms. The van der Waals surface area contributed by atoms with E-state index in [-0.39, 0.29) is 16.7 Å². The van der Waals surface area contributed by atoms with Crippen LogP contribution in [-0.4, -0.2) is 32.8 Å². The maximum absolute atomic E-state index is 11.9. The Bertz CT molecular complexity index is 477. The molecular weight excluding hydrogens is 254 g/mol. The number of phenols is 1. The first-order chi connectivity index (χ1) is 8.58. The van der Waals surface area contributed by atoms with Crippen molar-refractivity contribution in [2.24, 2.45) is 0 Å². The summed E-state index contributed by atoms with van der Waals surface area (Å²) in [5, 5.41) is 9.11. The molecule has 0 amide bonds. The molecule has 5 nitrogen and oxygen atoms in total. The zero-order chi connectivity index (χ0) is 13.0. The van der Waals surface area contributed by atoms with Gasteiger partial charge in [0.05, 0.1) is 11.0 Å². The van der Waals surface area contributed by atoms with Crippen molar-refractivity contribution < 1.29 is 18.3 Å². The van der Waals surface area contributed by atoms with Gasteiger partial charge in [0.1, 0.15) is 5.75 Å². The highest BCUT2D eigenvalue weighted by molar-refractivity contribution is 7.89. The Morgan fingerprint density at radius 1 is 1.33 bits per heavy atom. The average molecular weight is 271 g/mol. The van der Waals surface area contributed by atoms with Crippen molar-refractivity contribution in [1.29, 1.82) is 0 Å². The summed E-state index contributed by atoms with van der Waals surface area (Å²) in [4.78, 5) is 0.160. The zero-order valence-electron chi connectivity index (χ0n) is 10.0. The van der Waals surface area contributed by atoms with Crippen LogP contribution in [0.15, 0.2) is 29.2 Å². The van der Waals surface area contributed by atoms with Crippen LogP contribution in [0, 0.1) is 0 Å². The van der Waals surface area contributed by atoms with Gasteiger partial charge in [0, 0.05) is 13.2 Å². The lowest BCUT2D eigenvalue weighted by Gasteiger charge is -2.10. The molecule has 1 aromatic rings. The van der Waals surface area contributed by atoms with E-state index in [1.165, 1.54) is 24.3 Å². The predicted octanol–water partition coefficient (Wildman–Crippen LogP) is 1.24. The lowest BCUT2D eigenvalue weighted by Crippen LogP contribution is -2.27. The highest BCUT2D eigenvalue weighted by atomic mass is 32.2. The maximum atomic E-state index is 11.9. The number of benzene rings is 1. The molecule has 18 heavy (non-hydrogen) atoms. The molecule has 0 aliphatic carbocycles. The smallest absolute Gasteiger partial charge is 0.240 e. The Morgan fingerprint density at radius 2 is 2.06 bits per heavy atom. The van der Waals surface area contributed by atoms with Gasteiger partial charge in [-0.25, -0.2) is 13.1 Å². The first-order valence-electron chi connectivity index (χ1n) is 5.98. The Hall–Kier alpha value is -1.11. The molecule has 6 heteroatoms. The van der Waals surface area contributed by atoms with Gasteiger partial charge in [-0.15, -0.1) is 0 Å². The number of hydrogen-bond donors (Lipinski definition) is 2. The lowest BCUT2D eigenvalue weighted by atomic mass is 10.2. The van der Waals surface area contributed by atoms with Crippen LogP contribution in [0.1, 0.15) is 19.3 Å². The van der Waals surface area contributed by atoms with Gasteiger partial charge in [0.25, 0.3) is 0 Å². The summed E-state index contributed by atoms with van der Waals surface area (Å²) in [5.74, 6) is 0.0494. The minimum Gasteiger partial charge on any atom is -0.508 e. The summed E-state index contributed by atoms with van der Waals surface area (Å²) in [5.41, 5.74) is 0.